The second-order valence-electron chi connectivity index (χ2n) is 5.57. The fraction of sp³-hybridized carbons (Fsp3) is 0.316. The molecule has 0 heterocycles. The number of aliphatic carboxylic acids is 1. The van der Waals surface area contributed by atoms with Crippen LogP contribution in [0.5, 0.6) is 0 Å². The molecule has 1 atom stereocenters. The molecule has 1 unspecified atom stereocenters. The third kappa shape index (κ3) is 5.83. The van der Waals surface area contributed by atoms with Crippen LogP contribution in [0.3, 0.4) is 0 Å². The lowest BCUT2D eigenvalue weighted by atomic mass is 9.98. The highest BCUT2D eigenvalue weighted by atomic mass is 19.1. The molecule has 0 amide bonds. The van der Waals surface area contributed by atoms with Crippen molar-refractivity contribution in [2.24, 2.45) is 0 Å². The molecule has 0 saturated carbocycles. The molecule has 0 aliphatic rings. The van der Waals surface area contributed by atoms with Gasteiger partial charge in [-0.3, -0.25) is 4.79 Å². The zero-order valence-electron chi connectivity index (χ0n) is 13.0. The second kappa shape index (κ2) is 9.06. The maximum Gasteiger partial charge on any atom is 0.303 e. The van der Waals surface area contributed by atoms with E-state index in [9.17, 15) is 9.18 Å². The monoisotopic (exact) mass is 315 g/mol. The summed E-state index contributed by atoms with van der Waals surface area (Å²) in [7, 11) is 0. The standard InChI is InChI=1S/C19H22FNO2/c20-17-11-5-4-10-16(17)18(14-15-8-2-1-3-9-15)21-13-7-6-12-19(22)23/h1-5,8-11,18,21H,6-7,12-14H2,(H,22,23). The molecule has 0 aromatic heterocycles. The first-order valence-electron chi connectivity index (χ1n) is 7.90. The molecule has 2 N–H and O–H groups in total. The van der Waals surface area contributed by atoms with Crippen molar-refractivity contribution in [3.63, 3.8) is 0 Å². The molecule has 2 rings (SSSR count). The van der Waals surface area contributed by atoms with Gasteiger partial charge in [0.1, 0.15) is 5.82 Å². The van der Waals surface area contributed by atoms with Gasteiger partial charge in [-0.25, -0.2) is 4.39 Å². The first-order valence-corrected chi connectivity index (χ1v) is 7.90. The van der Waals surface area contributed by atoms with Gasteiger partial charge < -0.3 is 10.4 Å². The van der Waals surface area contributed by atoms with Crippen molar-refractivity contribution in [1.82, 2.24) is 5.32 Å². The lowest BCUT2D eigenvalue weighted by molar-refractivity contribution is -0.137. The van der Waals surface area contributed by atoms with Gasteiger partial charge >= 0.3 is 5.97 Å². The Morgan fingerprint density at radius 3 is 2.43 bits per heavy atom. The molecule has 0 fully saturated rings. The van der Waals surface area contributed by atoms with Gasteiger partial charge in [0.25, 0.3) is 0 Å². The van der Waals surface area contributed by atoms with E-state index >= 15 is 0 Å². The van der Waals surface area contributed by atoms with Gasteiger partial charge in [-0.1, -0.05) is 48.5 Å². The summed E-state index contributed by atoms with van der Waals surface area (Å²) in [5.74, 6) is -0.994. The zero-order valence-corrected chi connectivity index (χ0v) is 13.0. The van der Waals surface area contributed by atoms with E-state index in [-0.39, 0.29) is 18.3 Å². The van der Waals surface area contributed by atoms with Crippen molar-refractivity contribution in [3.8, 4) is 0 Å². The van der Waals surface area contributed by atoms with Crippen molar-refractivity contribution in [1.29, 1.82) is 0 Å². The van der Waals surface area contributed by atoms with Gasteiger partial charge in [-0.05, 0) is 37.4 Å². The molecule has 0 radical (unpaired) electrons. The third-order valence-corrected chi connectivity index (χ3v) is 3.77. The Labute approximate surface area is 136 Å². The number of benzene rings is 2. The molecule has 3 nitrogen and oxygen atoms in total. The van der Waals surface area contributed by atoms with Gasteiger partial charge in [0.05, 0.1) is 0 Å². The molecule has 23 heavy (non-hydrogen) atoms. The maximum atomic E-state index is 14.1. The Hall–Kier alpha value is -2.20. The Balaban J connectivity index is 2.00. The van der Waals surface area contributed by atoms with Crippen molar-refractivity contribution >= 4 is 5.97 Å². The van der Waals surface area contributed by atoms with Gasteiger partial charge in [0.2, 0.25) is 0 Å². The van der Waals surface area contributed by atoms with E-state index in [4.69, 9.17) is 5.11 Å². The highest BCUT2D eigenvalue weighted by molar-refractivity contribution is 5.66. The van der Waals surface area contributed by atoms with E-state index in [2.05, 4.69) is 5.32 Å². The van der Waals surface area contributed by atoms with Crippen molar-refractivity contribution < 1.29 is 14.3 Å². The number of carboxylic acid groups (broad SMARTS) is 1. The molecule has 4 heteroatoms. The number of nitrogens with one attached hydrogen (secondary N) is 1. The average Bonchev–Trinajstić information content (AvgIpc) is 2.55. The molecule has 0 bridgehead atoms. The minimum Gasteiger partial charge on any atom is -0.481 e. The molecule has 122 valence electrons. The molecule has 0 aliphatic heterocycles. The minimum atomic E-state index is -0.778. The largest absolute Gasteiger partial charge is 0.481 e. The average molecular weight is 315 g/mol. The normalized spacial score (nSPS) is 12.0. The number of hydrogen-bond donors (Lipinski definition) is 2. The van der Waals surface area contributed by atoms with Gasteiger partial charge in [0.15, 0.2) is 0 Å². The number of rotatable bonds is 9. The van der Waals surface area contributed by atoms with Crippen LogP contribution in [0.15, 0.2) is 54.6 Å². The van der Waals surface area contributed by atoms with Gasteiger partial charge in [-0.2, -0.15) is 0 Å². The lowest BCUT2D eigenvalue weighted by Crippen LogP contribution is -2.25. The lowest BCUT2D eigenvalue weighted by Gasteiger charge is -2.20. The molecule has 0 aliphatic carbocycles. The van der Waals surface area contributed by atoms with E-state index < -0.39 is 5.97 Å². The van der Waals surface area contributed by atoms with Crippen molar-refractivity contribution in [3.05, 3.63) is 71.5 Å². The van der Waals surface area contributed by atoms with E-state index in [1.165, 1.54) is 6.07 Å². The SMILES string of the molecule is O=C(O)CCCCNC(Cc1ccccc1)c1ccccc1F. The highest BCUT2D eigenvalue weighted by Gasteiger charge is 2.15. The van der Waals surface area contributed by atoms with Gasteiger partial charge in [0, 0.05) is 18.0 Å². The summed E-state index contributed by atoms with van der Waals surface area (Å²) in [6.45, 7) is 0.666. The topological polar surface area (TPSA) is 49.3 Å². The van der Waals surface area contributed by atoms with Crippen molar-refractivity contribution in [2.45, 2.75) is 31.7 Å². The molecular formula is C19H22FNO2. The van der Waals surface area contributed by atoms with Crippen LogP contribution in [0.1, 0.15) is 36.4 Å². The predicted octanol–water partition coefficient (Wildman–Crippen LogP) is 3.95. The van der Waals surface area contributed by atoms with Crippen LogP contribution < -0.4 is 5.32 Å². The highest BCUT2D eigenvalue weighted by Crippen LogP contribution is 2.21. The molecule has 2 aromatic carbocycles. The van der Waals surface area contributed by atoms with Crippen LogP contribution >= 0.6 is 0 Å². The van der Waals surface area contributed by atoms with E-state index in [1.54, 1.807) is 12.1 Å². The Bertz CT molecular complexity index is 616. The Morgan fingerprint density at radius 1 is 1.04 bits per heavy atom. The molecule has 2 aromatic rings. The fourth-order valence-corrected chi connectivity index (χ4v) is 2.58. The second-order valence-corrected chi connectivity index (χ2v) is 5.57. The smallest absolute Gasteiger partial charge is 0.303 e. The number of hydrogen-bond acceptors (Lipinski definition) is 2. The summed E-state index contributed by atoms with van der Waals surface area (Å²) in [5.41, 5.74) is 1.79. The van der Waals surface area contributed by atoms with Crippen LogP contribution in [0, 0.1) is 5.82 Å². The number of unbranched alkanes of at least 4 members (excludes halogenated alkanes) is 1. The van der Waals surface area contributed by atoms with Crippen LogP contribution in [-0.2, 0) is 11.2 Å². The summed E-state index contributed by atoms with van der Waals surface area (Å²) in [4.78, 5) is 10.5. The first-order chi connectivity index (χ1) is 11.2. The third-order valence-electron chi connectivity index (χ3n) is 3.77. The number of carbonyl (C=O) groups is 1. The van der Waals surface area contributed by atoms with E-state index in [0.29, 0.717) is 24.9 Å². The van der Waals surface area contributed by atoms with Crippen molar-refractivity contribution in [2.75, 3.05) is 6.54 Å². The van der Waals surface area contributed by atoms with Crippen LogP contribution in [0.2, 0.25) is 0 Å². The van der Waals surface area contributed by atoms with Crippen LogP contribution in [-0.4, -0.2) is 17.6 Å². The minimum absolute atomic E-state index is 0.122. The van der Waals surface area contributed by atoms with Crippen LogP contribution in [0.25, 0.3) is 0 Å². The number of halogens is 1. The molecule has 0 spiro atoms. The Morgan fingerprint density at radius 2 is 1.74 bits per heavy atom. The zero-order chi connectivity index (χ0) is 16.5. The fourth-order valence-electron chi connectivity index (χ4n) is 2.58. The predicted molar refractivity (Wildman–Crippen MR) is 88.8 cm³/mol. The maximum absolute atomic E-state index is 14.1. The quantitative estimate of drug-likeness (QED) is 0.689. The van der Waals surface area contributed by atoms with E-state index in [0.717, 1.165) is 12.0 Å². The summed E-state index contributed by atoms with van der Waals surface area (Å²) in [5, 5.41) is 12.0. The summed E-state index contributed by atoms with van der Waals surface area (Å²) < 4.78 is 14.1. The first kappa shape index (κ1) is 17.2. The molecule has 0 saturated heterocycles. The van der Waals surface area contributed by atoms with E-state index in [1.807, 2.05) is 36.4 Å². The Kier molecular flexibility index (Phi) is 6.76. The summed E-state index contributed by atoms with van der Waals surface area (Å²) >= 11 is 0. The summed E-state index contributed by atoms with van der Waals surface area (Å²) in [6.07, 6.45) is 2.25. The molecular weight excluding hydrogens is 293 g/mol. The number of carboxylic acids is 1. The summed E-state index contributed by atoms with van der Waals surface area (Å²) in [6, 6.07) is 16.6. The van der Waals surface area contributed by atoms with Gasteiger partial charge in [-0.15, -0.1) is 0 Å². The van der Waals surface area contributed by atoms with Crippen LogP contribution in [0.4, 0.5) is 4.39 Å².